The predicted octanol–water partition coefficient (Wildman–Crippen LogP) is 4.25. The van der Waals surface area contributed by atoms with Crippen LogP contribution in [-0.4, -0.2) is 62.7 Å². The molecule has 1 aliphatic heterocycles. The van der Waals surface area contributed by atoms with Crippen LogP contribution in [0.2, 0.25) is 10.0 Å². The highest BCUT2D eigenvalue weighted by atomic mass is 35.5. The molecule has 0 aromatic heterocycles. The topological polar surface area (TPSA) is 105 Å². The lowest BCUT2D eigenvalue weighted by molar-refractivity contribution is -0.139. The fraction of sp³-hybridized carbons (Fsp3) is 0.462. The molecule has 1 N–H and O–H groups in total. The zero-order valence-corrected chi connectivity index (χ0v) is 24.2. The van der Waals surface area contributed by atoms with E-state index in [0.29, 0.717) is 46.7 Å². The SMILES string of the molecule is CCC(C)NC(=O)C(C)N(Cc1ccc(Cl)cc1Cl)C(=O)CN(c1ccc2c(c1)OCCO2)S(=O)(=O)CC. The van der Waals surface area contributed by atoms with Crippen LogP contribution in [0.1, 0.15) is 39.7 Å². The molecule has 0 saturated heterocycles. The quantitative estimate of drug-likeness (QED) is 0.422. The second-order valence-corrected chi connectivity index (χ2v) is 12.0. The van der Waals surface area contributed by atoms with Crippen LogP contribution in [0.3, 0.4) is 0 Å². The van der Waals surface area contributed by atoms with Gasteiger partial charge >= 0.3 is 0 Å². The first-order valence-corrected chi connectivity index (χ1v) is 14.8. The third kappa shape index (κ3) is 7.24. The smallest absolute Gasteiger partial charge is 0.244 e. The average molecular weight is 587 g/mol. The molecule has 0 fully saturated rings. The zero-order chi connectivity index (χ0) is 28.0. The summed E-state index contributed by atoms with van der Waals surface area (Å²) >= 11 is 12.4. The molecule has 2 aromatic carbocycles. The predicted molar refractivity (Wildman–Crippen MR) is 149 cm³/mol. The van der Waals surface area contributed by atoms with Gasteiger partial charge in [-0.25, -0.2) is 8.42 Å². The minimum Gasteiger partial charge on any atom is -0.486 e. The first-order valence-electron chi connectivity index (χ1n) is 12.4. The van der Waals surface area contributed by atoms with Gasteiger partial charge in [0.05, 0.1) is 11.4 Å². The summed E-state index contributed by atoms with van der Waals surface area (Å²) in [5.41, 5.74) is 0.822. The van der Waals surface area contributed by atoms with Gasteiger partial charge in [-0.3, -0.25) is 13.9 Å². The summed E-state index contributed by atoms with van der Waals surface area (Å²) in [5.74, 6) is -0.281. The molecule has 0 aliphatic carbocycles. The van der Waals surface area contributed by atoms with E-state index in [1.807, 2.05) is 13.8 Å². The maximum absolute atomic E-state index is 13.8. The van der Waals surface area contributed by atoms with Crippen molar-refractivity contribution in [2.24, 2.45) is 0 Å². The molecule has 1 aliphatic rings. The van der Waals surface area contributed by atoms with Gasteiger partial charge in [0.1, 0.15) is 25.8 Å². The third-order valence-electron chi connectivity index (χ3n) is 6.32. The van der Waals surface area contributed by atoms with E-state index >= 15 is 0 Å². The van der Waals surface area contributed by atoms with Crippen LogP contribution in [0.5, 0.6) is 11.5 Å². The number of hydrogen-bond donors (Lipinski definition) is 1. The fourth-order valence-electron chi connectivity index (χ4n) is 3.79. The number of carbonyl (C=O) groups is 2. The molecule has 0 bridgehead atoms. The lowest BCUT2D eigenvalue weighted by Crippen LogP contribution is -2.52. The second-order valence-electron chi connectivity index (χ2n) is 8.99. The van der Waals surface area contributed by atoms with Crippen LogP contribution in [-0.2, 0) is 26.2 Å². The normalized spacial score (nSPS) is 14.4. The first kappa shape index (κ1) is 29.9. The highest BCUT2D eigenvalue weighted by molar-refractivity contribution is 7.92. The van der Waals surface area contributed by atoms with E-state index in [1.54, 1.807) is 37.3 Å². The Labute approximate surface area is 234 Å². The molecule has 1 heterocycles. The van der Waals surface area contributed by atoms with Crippen LogP contribution in [0, 0.1) is 0 Å². The molecule has 0 saturated carbocycles. The van der Waals surface area contributed by atoms with Gasteiger partial charge < -0.3 is 19.7 Å². The molecule has 9 nitrogen and oxygen atoms in total. The molecule has 3 rings (SSSR count). The lowest BCUT2D eigenvalue weighted by Gasteiger charge is -2.32. The molecule has 38 heavy (non-hydrogen) atoms. The second kappa shape index (κ2) is 12.9. The Balaban J connectivity index is 1.97. The third-order valence-corrected chi connectivity index (χ3v) is 8.65. The van der Waals surface area contributed by atoms with Crippen molar-refractivity contribution >= 4 is 50.7 Å². The summed E-state index contributed by atoms with van der Waals surface area (Å²) in [6, 6.07) is 8.56. The van der Waals surface area contributed by atoms with E-state index in [2.05, 4.69) is 5.32 Å². The summed E-state index contributed by atoms with van der Waals surface area (Å²) in [6.07, 6.45) is 0.710. The summed E-state index contributed by atoms with van der Waals surface area (Å²) < 4.78 is 38.4. The van der Waals surface area contributed by atoms with Crippen molar-refractivity contribution in [3.05, 3.63) is 52.0 Å². The molecular weight excluding hydrogens is 553 g/mol. The molecule has 0 spiro atoms. The van der Waals surface area contributed by atoms with Crippen LogP contribution >= 0.6 is 23.2 Å². The fourth-order valence-corrected chi connectivity index (χ4v) is 5.31. The van der Waals surface area contributed by atoms with E-state index in [9.17, 15) is 18.0 Å². The summed E-state index contributed by atoms with van der Waals surface area (Å²) in [7, 11) is -3.88. The zero-order valence-electron chi connectivity index (χ0n) is 21.9. The molecular formula is C26H33Cl2N3O6S. The van der Waals surface area contributed by atoms with Gasteiger partial charge in [0.25, 0.3) is 0 Å². The van der Waals surface area contributed by atoms with E-state index in [0.717, 1.165) is 4.31 Å². The Morgan fingerprint density at radius 3 is 2.34 bits per heavy atom. The number of hydrogen-bond acceptors (Lipinski definition) is 6. The van der Waals surface area contributed by atoms with Crippen LogP contribution < -0.4 is 19.1 Å². The van der Waals surface area contributed by atoms with Crippen molar-refractivity contribution in [1.29, 1.82) is 0 Å². The van der Waals surface area contributed by atoms with Crippen molar-refractivity contribution < 1.29 is 27.5 Å². The Bertz CT molecular complexity index is 1270. The van der Waals surface area contributed by atoms with E-state index in [4.69, 9.17) is 32.7 Å². The minimum absolute atomic E-state index is 0.0227. The Kier molecular flexibility index (Phi) is 10.1. The molecule has 2 atom stereocenters. The van der Waals surface area contributed by atoms with Crippen molar-refractivity contribution in [2.75, 3.05) is 29.8 Å². The van der Waals surface area contributed by atoms with E-state index in [1.165, 1.54) is 17.9 Å². The molecule has 0 radical (unpaired) electrons. The number of fused-ring (bicyclic) bond motifs is 1. The Morgan fingerprint density at radius 1 is 1.03 bits per heavy atom. The molecule has 2 unspecified atom stereocenters. The number of benzene rings is 2. The van der Waals surface area contributed by atoms with E-state index < -0.39 is 28.5 Å². The number of rotatable bonds is 11. The maximum Gasteiger partial charge on any atom is 0.244 e. The minimum atomic E-state index is -3.88. The van der Waals surface area contributed by atoms with Crippen molar-refractivity contribution in [3.8, 4) is 11.5 Å². The lowest BCUT2D eigenvalue weighted by atomic mass is 10.1. The number of carbonyl (C=O) groups excluding carboxylic acids is 2. The van der Waals surface area contributed by atoms with Crippen molar-refractivity contribution in [3.63, 3.8) is 0 Å². The number of nitrogens with zero attached hydrogens (tertiary/aromatic N) is 2. The standard InChI is InChI=1S/C26H33Cl2N3O6S/c1-5-17(3)29-26(33)18(4)30(15-19-7-8-20(27)13-22(19)28)25(32)16-31(38(34,35)6-2)21-9-10-23-24(14-21)37-12-11-36-23/h7-10,13-14,17-18H,5-6,11-12,15-16H2,1-4H3,(H,29,33). The van der Waals surface area contributed by atoms with Crippen molar-refractivity contribution in [1.82, 2.24) is 10.2 Å². The van der Waals surface area contributed by atoms with E-state index in [-0.39, 0.29) is 29.9 Å². The van der Waals surface area contributed by atoms with Crippen LogP contribution in [0.25, 0.3) is 0 Å². The number of amides is 2. The van der Waals surface area contributed by atoms with Gasteiger partial charge in [0.2, 0.25) is 21.8 Å². The van der Waals surface area contributed by atoms with Crippen molar-refractivity contribution in [2.45, 2.75) is 52.7 Å². The summed E-state index contributed by atoms with van der Waals surface area (Å²) in [6.45, 7) is 7.07. The highest BCUT2D eigenvalue weighted by Crippen LogP contribution is 2.35. The number of ether oxygens (including phenoxy) is 2. The maximum atomic E-state index is 13.8. The Hall–Kier alpha value is -2.69. The first-order chi connectivity index (χ1) is 18.0. The number of nitrogens with one attached hydrogen (secondary N) is 1. The molecule has 12 heteroatoms. The number of halogens is 2. The molecule has 2 aromatic rings. The Morgan fingerprint density at radius 2 is 1.71 bits per heavy atom. The largest absolute Gasteiger partial charge is 0.486 e. The van der Waals surface area contributed by atoms with Crippen LogP contribution in [0.15, 0.2) is 36.4 Å². The van der Waals surface area contributed by atoms with Gasteiger partial charge in [-0.1, -0.05) is 36.2 Å². The monoisotopic (exact) mass is 585 g/mol. The van der Waals surface area contributed by atoms with Gasteiger partial charge in [0, 0.05) is 28.7 Å². The molecule has 208 valence electrons. The number of anilines is 1. The average Bonchev–Trinajstić information content (AvgIpc) is 2.90. The summed E-state index contributed by atoms with van der Waals surface area (Å²) in [5, 5.41) is 3.64. The van der Waals surface area contributed by atoms with Gasteiger partial charge in [-0.05, 0) is 57.0 Å². The van der Waals surface area contributed by atoms with Gasteiger partial charge in [0.15, 0.2) is 11.5 Å². The van der Waals surface area contributed by atoms with Gasteiger partial charge in [-0.15, -0.1) is 0 Å². The van der Waals surface area contributed by atoms with Crippen LogP contribution in [0.4, 0.5) is 5.69 Å². The molecule has 2 amide bonds. The highest BCUT2D eigenvalue weighted by Gasteiger charge is 2.32. The summed E-state index contributed by atoms with van der Waals surface area (Å²) in [4.78, 5) is 28.1. The van der Waals surface area contributed by atoms with Gasteiger partial charge in [-0.2, -0.15) is 0 Å². The number of sulfonamides is 1.